The topological polar surface area (TPSA) is 113 Å². The van der Waals surface area contributed by atoms with Crippen molar-refractivity contribution in [3.63, 3.8) is 0 Å². The molecule has 3 heterocycles. The summed E-state index contributed by atoms with van der Waals surface area (Å²) < 4.78 is 53.8. The number of halogens is 2. The first-order chi connectivity index (χ1) is 18.2. The summed E-state index contributed by atoms with van der Waals surface area (Å²) in [5.74, 6) is -2.27. The Balaban J connectivity index is 1.30. The van der Waals surface area contributed by atoms with Crippen LogP contribution in [-0.4, -0.2) is 66.8 Å². The lowest BCUT2D eigenvalue weighted by Gasteiger charge is -2.32. The highest BCUT2D eigenvalue weighted by Crippen LogP contribution is 2.30. The first kappa shape index (κ1) is 25.9. The molecule has 2 aliphatic heterocycles. The molecule has 1 N–H and O–H groups in total. The van der Waals surface area contributed by atoms with Crippen LogP contribution in [0.4, 0.5) is 20.3 Å². The van der Waals surface area contributed by atoms with E-state index in [0.29, 0.717) is 30.7 Å². The molecule has 9 nitrogen and oxygen atoms in total. The van der Waals surface area contributed by atoms with Crippen LogP contribution in [0.5, 0.6) is 0 Å². The van der Waals surface area contributed by atoms with Gasteiger partial charge in [-0.25, -0.2) is 17.2 Å². The standard InChI is InChI=1S/C26H25F2N5O4S/c27-19-12-17(13-20(28)14-19)25(34)32-10-7-23(8-11-32)38(36,37)22-5-3-21(4-6-22)33(24-2-1-9-30-31-24)26(35)18-15-29-16-18/h1-6,9,12-14,18,23,29H,7-8,10-11,15-16H2. The van der Waals surface area contributed by atoms with Gasteiger partial charge in [0, 0.05) is 44.0 Å². The van der Waals surface area contributed by atoms with Crippen LogP contribution in [0, 0.1) is 17.6 Å². The first-order valence-corrected chi connectivity index (χ1v) is 13.7. The summed E-state index contributed by atoms with van der Waals surface area (Å²) in [5, 5.41) is 10.3. The van der Waals surface area contributed by atoms with E-state index >= 15 is 0 Å². The lowest BCUT2D eigenvalue weighted by Crippen LogP contribution is -2.51. The molecular formula is C26H25F2N5O4S. The predicted octanol–water partition coefficient (Wildman–Crippen LogP) is 2.72. The number of benzene rings is 2. The molecule has 0 atom stereocenters. The van der Waals surface area contributed by atoms with Crippen molar-refractivity contribution < 1.29 is 26.8 Å². The fourth-order valence-electron chi connectivity index (χ4n) is 4.64. The van der Waals surface area contributed by atoms with Crippen LogP contribution in [-0.2, 0) is 14.6 Å². The number of amides is 2. The minimum Gasteiger partial charge on any atom is -0.339 e. The van der Waals surface area contributed by atoms with Gasteiger partial charge < -0.3 is 10.2 Å². The highest BCUT2D eigenvalue weighted by molar-refractivity contribution is 7.92. The Labute approximate surface area is 218 Å². The number of hydrogen-bond acceptors (Lipinski definition) is 7. The molecular weight excluding hydrogens is 516 g/mol. The van der Waals surface area contributed by atoms with Gasteiger partial charge in [0.05, 0.1) is 21.8 Å². The smallest absolute Gasteiger partial charge is 0.254 e. The number of rotatable bonds is 6. The van der Waals surface area contributed by atoms with Crippen molar-refractivity contribution in [2.45, 2.75) is 23.0 Å². The second-order valence-electron chi connectivity index (χ2n) is 9.30. The molecule has 0 spiro atoms. The van der Waals surface area contributed by atoms with E-state index in [9.17, 15) is 26.8 Å². The first-order valence-electron chi connectivity index (χ1n) is 12.2. The van der Waals surface area contributed by atoms with Gasteiger partial charge in [0.15, 0.2) is 15.7 Å². The Hall–Kier alpha value is -3.77. The van der Waals surface area contributed by atoms with Crippen LogP contribution in [0.1, 0.15) is 23.2 Å². The van der Waals surface area contributed by atoms with Gasteiger partial charge in [-0.1, -0.05) is 0 Å². The number of nitrogens with zero attached hydrogens (tertiary/aromatic N) is 4. The Morgan fingerprint density at radius 1 is 0.974 bits per heavy atom. The van der Waals surface area contributed by atoms with Gasteiger partial charge in [0.1, 0.15) is 11.6 Å². The van der Waals surface area contributed by atoms with Crippen LogP contribution in [0.15, 0.2) is 65.7 Å². The summed E-state index contributed by atoms with van der Waals surface area (Å²) in [7, 11) is -3.73. The number of sulfone groups is 1. The van der Waals surface area contributed by atoms with Crippen LogP contribution in [0.2, 0.25) is 0 Å². The van der Waals surface area contributed by atoms with Gasteiger partial charge in [0.2, 0.25) is 5.91 Å². The summed E-state index contributed by atoms with van der Waals surface area (Å²) in [6.45, 7) is 1.39. The van der Waals surface area contributed by atoms with E-state index < -0.39 is 32.6 Å². The third-order valence-corrected chi connectivity index (χ3v) is 9.12. The molecule has 2 saturated heterocycles. The van der Waals surface area contributed by atoms with E-state index in [4.69, 9.17) is 0 Å². The second kappa shape index (κ2) is 10.5. The number of piperidine rings is 1. The normalized spacial score (nSPS) is 16.6. The molecule has 2 aliphatic rings. The maximum Gasteiger partial charge on any atom is 0.254 e. The summed E-state index contributed by atoms with van der Waals surface area (Å²) in [6.07, 6.45) is 1.88. The van der Waals surface area contributed by atoms with Crippen molar-refractivity contribution in [3.8, 4) is 0 Å². The number of aromatic nitrogens is 2. The molecule has 38 heavy (non-hydrogen) atoms. The Bertz CT molecular complexity index is 1420. The fourth-order valence-corrected chi connectivity index (χ4v) is 6.37. The number of carbonyl (C=O) groups excluding carboxylic acids is 2. The lowest BCUT2D eigenvalue weighted by atomic mass is 10.0. The quantitative estimate of drug-likeness (QED) is 0.511. The van der Waals surface area contributed by atoms with Crippen molar-refractivity contribution >= 4 is 33.2 Å². The van der Waals surface area contributed by atoms with E-state index in [-0.39, 0.29) is 48.2 Å². The van der Waals surface area contributed by atoms with Gasteiger partial charge in [-0.3, -0.25) is 14.5 Å². The molecule has 1 aromatic heterocycles. The molecule has 0 bridgehead atoms. The van der Waals surface area contributed by atoms with Gasteiger partial charge >= 0.3 is 0 Å². The number of carbonyl (C=O) groups is 2. The van der Waals surface area contributed by atoms with Gasteiger partial charge in [-0.15, -0.1) is 5.10 Å². The number of likely N-dealkylation sites (tertiary alicyclic amines) is 1. The maximum atomic E-state index is 13.5. The Morgan fingerprint density at radius 3 is 2.18 bits per heavy atom. The Morgan fingerprint density at radius 2 is 1.63 bits per heavy atom. The van der Waals surface area contributed by atoms with Crippen molar-refractivity contribution in [2.24, 2.45) is 5.92 Å². The van der Waals surface area contributed by atoms with Gasteiger partial charge in [-0.05, 0) is 61.4 Å². The average Bonchev–Trinajstić information content (AvgIpc) is 2.88. The number of nitrogens with one attached hydrogen (secondary N) is 1. The van der Waals surface area contributed by atoms with Crippen molar-refractivity contribution in [2.75, 3.05) is 31.1 Å². The highest BCUT2D eigenvalue weighted by atomic mass is 32.2. The van der Waals surface area contributed by atoms with E-state index in [0.717, 1.165) is 12.1 Å². The van der Waals surface area contributed by atoms with Crippen LogP contribution >= 0.6 is 0 Å². The molecule has 0 aliphatic carbocycles. The monoisotopic (exact) mass is 541 g/mol. The summed E-state index contributed by atoms with van der Waals surface area (Å²) in [5.41, 5.74) is 0.364. The van der Waals surface area contributed by atoms with E-state index in [1.807, 2.05) is 0 Å². The molecule has 3 aromatic rings. The van der Waals surface area contributed by atoms with Gasteiger partial charge in [0.25, 0.3) is 5.91 Å². The predicted molar refractivity (Wildman–Crippen MR) is 134 cm³/mol. The molecule has 0 radical (unpaired) electrons. The van der Waals surface area contributed by atoms with Crippen molar-refractivity contribution in [1.29, 1.82) is 0 Å². The summed E-state index contributed by atoms with van der Waals surface area (Å²) in [4.78, 5) is 28.7. The molecule has 12 heteroatoms. The van der Waals surface area contributed by atoms with Crippen LogP contribution in [0.25, 0.3) is 0 Å². The minimum absolute atomic E-state index is 0.107. The van der Waals surface area contributed by atoms with E-state index in [1.165, 1.54) is 28.1 Å². The zero-order valence-corrected chi connectivity index (χ0v) is 21.1. The fraction of sp³-hybridized carbons (Fsp3) is 0.308. The third-order valence-electron chi connectivity index (χ3n) is 6.84. The highest BCUT2D eigenvalue weighted by Gasteiger charge is 2.35. The van der Waals surface area contributed by atoms with Crippen LogP contribution in [0.3, 0.4) is 0 Å². The lowest BCUT2D eigenvalue weighted by molar-refractivity contribution is -0.123. The molecule has 5 rings (SSSR count). The minimum atomic E-state index is -3.73. The SMILES string of the molecule is O=C(c1cc(F)cc(F)c1)N1CCC(S(=O)(=O)c2ccc(N(C(=O)C3CNC3)c3cccnn3)cc2)CC1. The van der Waals surface area contributed by atoms with Crippen molar-refractivity contribution in [3.05, 3.63) is 78.0 Å². The number of anilines is 2. The van der Waals surface area contributed by atoms with Gasteiger partial charge in [-0.2, -0.15) is 5.10 Å². The Kier molecular flexibility index (Phi) is 7.17. The summed E-state index contributed by atoms with van der Waals surface area (Å²) >= 11 is 0. The van der Waals surface area contributed by atoms with E-state index in [1.54, 1.807) is 24.3 Å². The van der Waals surface area contributed by atoms with E-state index in [2.05, 4.69) is 15.5 Å². The zero-order chi connectivity index (χ0) is 26.9. The summed E-state index contributed by atoms with van der Waals surface area (Å²) in [6, 6.07) is 12.0. The molecule has 2 aromatic carbocycles. The maximum absolute atomic E-state index is 13.5. The molecule has 0 saturated carbocycles. The van der Waals surface area contributed by atoms with Crippen molar-refractivity contribution in [1.82, 2.24) is 20.4 Å². The second-order valence-corrected chi connectivity index (χ2v) is 11.5. The molecule has 0 unspecified atom stereocenters. The largest absolute Gasteiger partial charge is 0.339 e. The average molecular weight is 542 g/mol. The molecule has 2 fully saturated rings. The zero-order valence-electron chi connectivity index (χ0n) is 20.3. The molecule has 198 valence electrons. The third kappa shape index (κ3) is 5.14. The molecule has 2 amide bonds. The number of hydrogen-bond donors (Lipinski definition) is 1. The van der Waals surface area contributed by atoms with Crippen LogP contribution < -0.4 is 10.2 Å².